The van der Waals surface area contributed by atoms with E-state index in [2.05, 4.69) is 60.4 Å². The van der Waals surface area contributed by atoms with Crippen LogP contribution in [0.25, 0.3) is 0 Å². The number of allylic oxidation sites excluding steroid dienone is 1. The van der Waals surface area contributed by atoms with E-state index in [0.717, 1.165) is 42.9 Å². The predicted octanol–water partition coefficient (Wildman–Crippen LogP) is 3.33. The zero-order valence-corrected chi connectivity index (χ0v) is 33.6. The molecule has 8 rings (SSSR count). The topological polar surface area (TPSA) is 197 Å². The first-order valence-electron chi connectivity index (χ1n) is 20.8. The van der Waals surface area contributed by atoms with Crippen molar-refractivity contribution in [1.29, 1.82) is 0 Å². The fourth-order valence-corrected chi connectivity index (χ4v) is 8.40. The highest BCUT2D eigenvalue weighted by Crippen LogP contribution is 2.40. The molecule has 2 aromatic heterocycles. The molecule has 0 aliphatic carbocycles. The van der Waals surface area contributed by atoms with Crippen LogP contribution >= 0.6 is 0 Å². The Kier molecular flexibility index (Phi) is 12.5. The van der Waals surface area contributed by atoms with Gasteiger partial charge in [-0.1, -0.05) is 72.8 Å². The van der Waals surface area contributed by atoms with Crippen molar-refractivity contribution in [1.82, 2.24) is 30.5 Å². The predicted molar refractivity (Wildman–Crippen MR) is 227 cm³/mol. The number of nitrogens with one attached hydrogen (secondary N) is 4. The summed E-state index contributed by atoms with van der Waals surface area (Å²) < 4.78 is 5.96. The lowest BCUT2D eigenvalue weighted by Crippen LogP contribution is -2.49. The third-order valence-electron chi connectivity index (χ3n) is 11.7. The van der Waals surface area contributed by atoms with Crippen molar-refractivity contribution in [3.05, 3.63) is 114 Å². The molecule has 5 atom stereocenters. The smallest absolute Gasteiger partial charge is 0.317 e. The summed E-state index contributed by atoms with van der Waals surface area (Å²) in [5.41, 5.74) is 2.67. The molecule has 4 aliphatic rings. The Morgan fingerprint density at radius 1 is 0.917 bits per heavy atom. The molecule has 0 spiro atoms. The van der Waals surface area contributed by atoms with E-state index in [4.69, 9.17) is 9.72 Å². The van der Waals surface area contributed by atoms with Crippen LogP contribution in [0, 0.1) is 5.92 Å². The number of likely N-dealkylation sites (tertiary alicyclic amines) is 1. The fourth-order valence-electron chi connectivity index (χ4n) is 8.40. The highest BCUT2D eigenvalue weighted by atomic mass is 16.6. The molecule has 2 aromatic carbocycles. The molecule has 4 aliphatic heterocycles. The van der Waals surface area contributed by atoms with Gasteiger partial charge >= 0.3 is 6.03 Å². The number of piperidine rings is 1. The van der Waals surface area contributed by atoms with E-state index in [0.29, 0.717) is 44.1 Å². The van der Waals surface area contributed by atoms with Crippen LogP contribution in [0.3, 0.4) is 0 Å². The highest BCUT2D eigenvalue weighted by Gasteiger charge is 2.50. The summed E-state index contributed by atoms with van der Waals surface area (Å²) in [6, 6.07) is 26.1. The first-order valence-corrected chi connectivity index (χ1v) is 20.8. The minimum atomic E-state index is -1.48. The molecule has 6 heterocycles. The number of carbonyl (C=O) groups excluding carboxylic acids is 3. The second-order valence-electron chi connectivity index (χ2n) is 15.6. The molecule has 16 heteroatoms. The summed E-state index contributed by atoms with van der Waals surface area (Å²) in [7, 11) is 0. The summed E-state index contributed by atoms with van der Waals surface area (Å²) >= 11 is 0. The lowest BCUT2D eigenvalue weighted by molar-refractivity contribution is -0.135. The van der Waals surface area contributed by atoms with Crippen molar-refractivity contribution in [2.45, 2.75) is 62.7 Å². The van der Waals surface area contributed by atoms with Crippen molar-refractivity contribution in [3.8, 4) is 0 Å². The Bertz CT molecular complexity index is 2100. The lowest BCUT2D eigenvalue weighted by atomic mass is 9.91. The summed E-state index contributed by atoms with van der Waals surface area (Å²) in [6.07, 6.45) is 2.07. The van der Waals surface area contributed by atoms with E-state index < -0.39 is 36.2 Å². The maximum Gasteiger partial charge on any atom is 0.317 e. The number of amides is 3. The summed E-state index contributed by atoms with van der Waals surface area (Å²) in [6.45, 7) is 5.29. The van der Waals surface area contributed by atoms with Crippen molar-refractivity contribution in [3.63, 3.8) is 0 Å². The van der Waals surface area contributed by atoms with Gasteiger partial charge in [0.2, 0.25) is 11.6 Å². The van der Waals surface area contributed by atoms with Gasteiger partial charge in [-0.25, -0.2) is 19.7 Å². The maximum atomic E-state index is 13.9. The molecule has 16 nitrogen and oxygen atoms in total. The van der Waals surface area contributed by atoms with Crippen LogP contribution in [0.5, 0.6) is 0 Å². The molecule has 0 bridgehead atoms. The average Bonchev–Trinajstić information content (AvgIpc) is 4.02. The van der Waals surface area contributed by atoms with E-state index in [9.17, 15) is 24.6 Å². The summed E-state index contributed by atoms with van der Waals surface area (Å²) in [5, 5.41) is 34.6. The SMILES string of the molecule is CCNC(=O)[C@H]1O[C@@H](N2CNc3c(NCC(c4ccccc4)c4ccccc4)nc(C(=O)/C=C/C4CCN(C(=O)NC5CCN(c6ccccn6)CC5)C4)nc32)[C@H](O)[C@@H]1O. The number of carbonyl (C=O) groups is 3. The van der Waals surface area contributed by atoms with E-state index in [1.54, 1.807) is 22.9 Å². The number of fused-ring (bicyclic) bond motifs is 1. The van der Waals surface area contributed by atoms with Crippen LogP contribution in [0.1, 0.15) is 53.8 Å². The zero-order valence-electron chi connectivity index (χ0n) is 33.6. The van der Waals surface area contributed by atoms with Crippen LogP contribution in [0.15, 0.2) is 97.2 Å². The van der Waals surface area contributed by atoms with E-state index >= 15 is 0 Å². The number of nitrogens with zero attached hydrogens (tertiary/aromatic N) is 6. The molecule has 3 amide bonds. The third kappa shape index (κ3) is 8.90. The Labute approximate surface area is 349 Å². The molecular formula is C44H52N10O6. The van der Waals surface area contributed by atoms with Gasteiger partial charge in [0.1, 0.15) is 23.7 Å². The minimum Gasteiger partial charge on any atom is -0.387 e. The number of likely N-dealkylation sites (N-methyl/N-ethyl adjacent to an activating group) is 1. The van der Waals surface area contributed by atoms with Gasteiger partial charge in [0.15, 0.2) is 24.0 Å². The number of ether oxygens (including phenoxy) is 1. The number of hydrogen-bond acceptors (Lipinski definition) is 13. The second kappa shape index (κ2) is 18.4. The fraction of sp³-hybridized carbons (Fsp3) is 0.409. The van der Waals surface area contributed by atoms with E-state index in [1.165, 1.54) is 6.08 Å². The number of pyridine rings is 1. The van der Waals surface area contributed by atoms with Gasteiger partial charge in [-0.15, -0.1) is 0 Å². The van der Waals surface area contributed by atoms with Crippen LogP contribution in [0.2, 0.25) is 0 Å². The lowest BCUT2D eigenvalue weighted by Gasteiger charge is -2.33. The molecule has 1 unspecified atom stereocenters. The number of aromatic nitrogens is 3. The van der Waals surface area contributed by atoms with Gasteiger partial charge in [0.25, 0.3) is 5.91 Å². The van der Waals surface area contributed by atoms with Crippen LogP contribution in [-0.2, 0) is 9.53 Å². The number of anilines is 4. The average molecular weight is 817 g/mol. The summed E-state index contributed by atoms with van der Waals surface area (Å²) in [4.78, 5) is 59.4. The third-order valence-corrected chi connectivity index (χ3v) is 11.7. The van der Waals surface area contributed by atoms with Crippen molar-refractivity contribution in [2.75, 3.05) is 66.4 Å². The van der Waals surface area contributed by atoms with Crippen molar-refractivity contribution < 1.29 is 29.3 Å². The molecule has 3 saturated heterocycles. The number of aliphatic hydroxyl groups excluding tert-OH is 2. The zero-order chi connectivity index (χ0) is 41.6. The second-order valence-corrected chi connectivity index (χ2v) is 15.6. The molecule has 4 aromatic rings. The summed E-state index contributed by atoms with van der Waals surface area (Å²) in [5.74, 6) is 0.434. The Balaban J connectivity index is 0.979. The first-order chi connectivity index (χ1) is 29.3. The molecule has 314 valence electrons. The molecule has 0 saturated carbocycles. The van der Waals surface area contributed by atoms with Gasteiger partial charge in [-0.05, 0) is 61.4 Å². The van der Waals surface area contributed by atoms with Crippen LogP contribution in [0.4, 0.5) is 27.9 Å². The van der Waals surface area contributed by atoms with Gasteiger partial charge in [0, 0.05) is 57.4 Å². The van der Waals surface area contributed by atoms with Crippen LogP contribution < -0.4 is 31.1 Å². The Morgan fingerprint density at radius 3 is 2.32 bits per heavy atom. The van der Waals surface area contributed by atoms with Crippen molar-refractivity contribution >= 4 is 40.9 Å². The standard InChI is InChI=1S/C44H52N10O6/c1-2-45-42(58)38-36(56)37(57)43(60-38)54-27-48-35-40(47-25-32(29-11-5-3-6-12-29)30-13-7-4-8-14-30)50-39(51-41(35)54)33(55)17-16-28-18-22-53(26-28)44(59)49-31-19-23-52(24-20-31)34-15-9-10-21-46-34/h3-17,21,28,31-32,36-38,43,48,56-57H,2,18-20,22-27H2,1H3,(H,45,58)(H,49,59)(H,47,50,51)/b17-16+/t28?,36-,37+,38-,43+/m0/s1. The number of benzene rings is 2. The quantitative estimate of drug-likeness (QED) is 0.0850. The number of urea groups is 1. The number of ketones is 1. The highest BCUT2D eigenvalue weighted by molar-refractivity contribution is 6.03. The van der Waals surface area contributed by atoms with Gasteiger partial charge in [0.05, 0.1) is 6.67 Å². The largest absolute Gasteiger partial charge is 0.387 e. The number of rotatable bonds is 13. The molecule has 3 fully saturated rings. The number of hydrogen-bond donors (Lipinski definition) is 6. The molecular weight excluding hydrogens is 765 g/mol. The molecule has 60 heavy (non-hydrogen) atoms. The minimum absolute atomic E-state index is 0.0388. The normalized spacial score (nSPS) is 22.9. The first kappa shape index (κ1) is 40.7. The Morgan fingerprint density at radius 2 is 1.63 bits per heavy atom. The molecule has 0 radical (unpaired) electrons. The van der Waals surface area contributed by atoms with Gasteiger partial charge in [-0.3, -0.25) is 9.59 Å². The molecule has 6 N–H and O–H groups in total. The van der Waals surface area contributed by atoms with Crippen LogP contribution in [-0.4, -0.2) is 124 Å². The maximum absolute atomic E-state index is 13.9. The van der Waals surface area contributed by atoms with E-state index in [-0.39, 0.29) is 42.2 Å². The van der Waals surface area contributed by atoms with Gasteiger partial charge < -0.3 is 50.9 Å². The van der Waals surface area contributed by atoms with E-state index in [1.807, 2.05) is 60.7 Å². The Hall–Kier alpha value is -6.10. The number of aliphatic hydroxyl groups is 2. The van der Waals surface area contributed by atoms with Crippen molar-refractivity contribution in [2.24, 2.45) is 5.92 Å². The van der Waals surface area contributed by atoms with Gasteiger partial charge in [-0.2, -0.15) is 0 Å². The monoisotopic (exact) mass is 816 g/mol.